The lowest BCUT2D eigenvalue weighted by atomic mass is 10.1. The number of fused-ring (bicyclic) bond motifs is 1. The normalized spacial score (nSPS) is 10.5. The van der Waals surface area contributed by atoms with Crippen LogP contribution in [0.3, 0.4) is 0 Å². The van der Waals surface area contributed by atoms with E-state index in [1.54, 1.807) is 18.2 Å². The third kappa shape index (κ3) is 3.69. The van der Waals surface area contributed by atoms with Gasteiger partial charge in [-0.1, -0.05) is 18.2 Å². The van der Waals surface area contributed by atoms with Crippen LogP contribution < -0.4 is 21.4 Å². The summed E-state index contributed by atoms with van der Waals surface area (Å²) in [5, 5.41) is 0.699. The number of hydrogen-bond acceptors (Lipinski definition) is 5. The molecule has 0 aliphatic rings. The molecule has 1 heterocycles. The topological polar surface area (TPSA) is 74.6 Å². The maximum absolute atomic E-state index is 12.3. The van der Waals surface area contributed by atoms with E-state index in [-0.39, 0.29) is 5.56 Å². The highest BCUT2D eigenvalue weighted by Crippen LogP contribution is 2.22. The second-order valence-electron chi connectivity index (χ2n) is 5.79. The standard InChI is InChI=1S/C20H21N3O3/c1-3-23(4-2)16-11-10-14-12-17(20(25)26-18(14)13-16)19(24)22-21-15-8-6-5-7-9-15/h5-13,21H,3-4H2,1-2H3,(H,22,24). The number of carbonyl (C=O) groups excluding carboxylic acids is 1. The third-order valence-corrected chi connectivity index (χ3v) is 4.19. The predicted molar refractivity (Wildman–Crippen MR) is 104 cm³/mol. The van der Waals surface area contributed by atoms with Crippen molar-refractivity contribution in [1.82, 2.24) is 5.43 Å². The molecule has 2 aromatic carbocycles. The quantitative estimate of drug-likeness (QED) is 0.526. The van der Waals surface area contributed by atoms with Crippen LogP contribution in [0.5, 0.6) is 0 Å². The molecule has 0 saturated heterocycles. The minimum absolute atomic E-state index is 0.0449. The number of para-hydroxylation sites is 1. The molecule has 6 nitrogen and oxygen atoms in total. The van der Waals surface area contributed by atoms with E-state index in [4.69, 9.17) is 4.42 Å². The summed E-state index contributed by atoms with van der Waals surface area (Å²) in [6.07, 6.45) is 0. The molecule has 0 bridgehead atoms. The Morgan fingerprint density at radius 1 is 1.04 bits per heavy atom. The monoisotopic (exact) mass is 351 g/mol. The highest BCUT2D eigenvalue weighted by atomic mass is 16.4. The van der Waals surface area contributed by atoms with E-state index < -0.39 is 11.5 Å². The fourth-order valence-corrected chi connectivity index (χ4v) is 2.76. The Hall–Kier alpha value is -3.28. The lowest BCUT2D eigenvalue weighted by Crippen LogP contribution is -2.32. The molecule has 0 aliphatic carbocycles. The van der Waals surface area contributed by atoms with Crippen molar-refractivity contribution in [3.63, 3.8) is 0 Å². The fourth-order valence-electron chi connectivity index (χ4n) is 2.76. The fraction of sp³-hybridized carbons (Fsp3) is 0.200. The largest absolute Gasteiger partial charge is 0.422 e. The molecule has 6 heteroatoms. The van der Waals surface area contributed by atoms with Gasteiger partial charge in [0.05, 0.1) is 5.69 Å². The highest BCUT2D eigenvalue weighted by Gasteiger charge is 2.14. The second kappa shape index (κ2) is 7.74. The van der Waals surface area contributed by atoms with Crippen LogP contribution in [0, 0.1) is 0 Å². The molecule has 0 aliphatic heterocycles. The van der Waals surface area contributed by atoms with Gasteiger partial charge in [-0.15, -0.1) is 0 Å². The number of benzene rings is 2. The van der Waals surface area contributed by atoms with E-state index >= 15 is 0 Å². The lowest BCUT2D eigenvalue weighted by Gasteiger charge is -2.21. The van der Waals surface area contributed by atoms with Crippen molar-refractivity contribution in [2.45, 2.75) is 13.8 Å². The average Bonchev–Trinajstić information content (AvgIpc) is 2.67. The summed E-state index contributed by atoms with van der Waals surface area (Å²) in [5.74, 6) is -0.544. The number of carbonyl (C=O) groups is 1. The van der Waals surface area contributed by atoms with Gasteiger partial charge in [0.15, 0.2) is 0 Å². The van der Waals surface area contributed by atoms with E-state index in [2.05, 4.69) is 29.6 Å². The van der Waals surface area contributed by atoms with E-state index in [9.17, 15) is 9.59 Å². The van der Waals surface area contributed by atoms with Crippen LogP contribution >= 0.6 is 0 Å². The molecule has 134 valence electrons. The Balaban J connectivity index is 1.85. The summed E-state index contributed by atoms with van der Waals surface area (Å²) in [5.41, 5.74) is 6.73. The number of amides is 1. The van der Waals surface area contributed by atoms with Gasteiger partial charge in [-0.25, -0.2) is 4.79 Å². The number of hydrogen-bond donors (Lipinski definition) is 2. The first-order valence-corrected chi connectivity index (χ1v) is 8.56. The van der Waals surface area contributed by atoms with Crippen LogP contribution in [-0.4, -0.2) is 19.0 Å². The van der Waals surface area contributed by atoms with Crippen LogP contribution in [0.25, 0.3) is 11.0 Å². The third-order valence-electron chi connectivity index (χ3n) is 4.19. The average molecular weight is 351 g/mol. The van der Waals surface area contributed by atoms with Gasteiger partial charge in [0, 0.05) is 30.2 Å². The summed E-state index contributed by atoms with van der Waals surface area (Å²) < 4.78 is 5.37. The smallest absolute Gasteiger partial charge is 0.349 e. The second-order valence-corrected chi connectivity index (χ2v) is 5.79. The van der Waals surface area contributed by atoms with Gasteiger partial charge >= 0.3 is 5.63 Å². The zero-order valence-electron chi connectivity index (χ0n) is 14.8. The van der Waals surface area contributed by atoms with Crippen LogP contribution in [-0.2, 0) is 0 Å². The number of rotatable bonds is 6. The maximum atomic E-state index is 12.3. The molecule has 3 rings (SSSR count). The number of nitrogens with one attached hydrogen (secondary N) is 2. The van der Waals surface area contributed by atoms with E-state index in [0.717, 1.165) is 24.5 Å². The van der Waals surface area contributed by atoms with Crippen molar-refractivity contribution in [3.8, 4) is 0 Å². The van der Waals surface area contributed by atoms with Crippen molar-refractivity contribution < 1.29 is 9.21 Å². The van der Waals surface area contributed by atoms with Gasteiger partial charge in [-0.3, -0.25) is 15.6 Å². The Morgan fingerprint density at radius 2 is 1.77 bits per heavy atom. The van der Waals surface area contributed by atoms with Crippen molar-refractivity contribution in [1.29, 1.82) is 0 Å². The van der Waals surface area contributed by atoms with E-state index in [0.29, 0.717) is 11.0 Å². The summed E-state index contributed by atoms with van der Waals surface area (Å²) in [6, 6.07) is 16.3. The van der Waals surface area contributed by atoms with Gasteiger partial charge in [0.2, 0.25) is 0 Å². The number of nitrogens with zero attached hydrogens (tertiary/aromatic N) is 1. The minimum Gasteiger partial charge on any atom is -0.422 e. The van der Waals surface area contributed by atoms with Gasteiger partial charge in [0.1, 0.15) is 11.1 Å². The van der Waals surface area contributed by atoms with Crippen LogP contribution in [0.4, 0.5) is 11.4 Å². The van der Waals surface area contributed by atoms with Crippen LogP contribution in [0.1, 0.15) is 24.2 Å². The van der Waals surface area contributed by atoms with Gasteiger partial charge in [0.25, 0.3) is 5.91 Å². The molecule has 2 N–H and O–H groups in total. The van der Waals surface area contributed by atoms with Crippen molar-refractivity contribution in [2.24, 2.45) is 0 Å². The number of anilines is 2. The summed E-state index contributed by atoms with van der Waals surface area (Å²) in [6.45, 7) is 5.85. The van der Waals surface area contributed by atoms with Gasteiger partial charge in [-0.2, -0.15) is 0 Å². The van der Waals surface area contributed by atoms with Crippen LogP contribution in [0.15, 0.2) is 63.8 Å². The molecule has 1 amide bonds. The molecule has 0 unspecified atom stereocenters. The van der Waals surface area contributed by atoms with Crippen LogP contribution in [0.2, 0.25) is 0 Å². The number of hydrazine groups is 1. The van der Waals surface area contributed by atoms with Crippen molar-refractivity contribution >= 4 is 28.3 Å². The molecule has 0 saturated carbocycles. The van der Waals surface area contributed by atoms with Crippen molar-refractivity contribution in [3.05, 3.63) is 70.6 Å². The summed E-state index contributed by atoms with van der Waals surface area (Å²) in [4.78, 5) is 26.7. The molecular formula is C20H21N3O3. The first-order chi connectivity index (χ1) is 12.6. The first-order valence-electron chi connectivity index (χ1n) is 8.56. The molecule has 0 fully saturated rings. The van der Waals surface area contributed by atoms with E-state index in [1.165, 1.54) is 0 Å². The van der Waals surface area contributed by atoms with Gasteiger partial charge in [-0.05, 0) is 44.2 Å². The molecular weight excluding hydrogens is 330 g/mol. The zero-order valence-corrected chi connectivity index (χ0v) is 14.8. The highest BCUT2D eigenvalue weighted by molar-refractivity contribution is 5.97. The Kier molecular flexibility index (Phi) is 5.22. The van der Waals surface area contributed by atoms with E-state index in [1.807, 2.05) is 36.4 Å². The van der Waals surface area contributed by atoms with Gasteiger partial charge < -0.3 is 9.32 Å². The first kappa shape index (κ1) is 17.5. The lowest BCUT2D eigenvalue weighted by molar-refractivity contribution is 0.0959. The predicted octanol–water partition coefficient (Wildman–Crippen LogP) is 3.40. The molecule has 3 aromatic rings. The zero-order chi connectivity index (χ0) is 18.5. The molecule has 0 atom stereocenters. The minimum atomic E-state index is -0.665. The Morgan fingerprint density at radius 3 is 2.46 bits per heavy atom. The summed E-state index contributed by atoms with van der Waals surface area (Å²) in [7, 11) is 0. The molecule has 0 spiro atoms. The SMILES string of the molecule is CCN(CC)c1ccc2cc(C(=O)NNc3ccccc3)c(=O)oc2c1. The molecule has 1 aromatic heterocycles. The maximum Gasteiger partial charge on any atom is 0.349 e. The Bertz CT molecular complexity index is 963. The molecule has 26 heavy (non-hydrogen) atoms. The summed E-state index contributed by atoms with van der Waals surface area (Å²) >= 11 is 0. The van der Waals surface area contributed by atoms with Crippen molar-refractivity contribution in [2.75, 3.05) is 23.4 Å². The Labute approximate surface area is 151 Å². The molecule has 0 radical (unpaired) electrons.